The highest BCUT2D eigenvalue weighted by molar-refractivity contribution is 14.1. The van der Waals surface area contributed by atoms with Gasteiger partial charge in [-0.25, -0.2) is 5.10 Å². The van der Waals surface area contributed by atoms with Gasteiger partial charge in [0, 0.05) is 16.4 Å². The van der Waals surface area contributed by atoms with E-state index in [1.807, 2.05) is 42.6 Å². The van der Waals surface area contributed by atoms with Gasteiger partial charge in [-0.15, -0.1) is 11.3 Å². The number of rotatable bonds is 4. The summed E-state index contributed by atoms with van der Waals surface area (Å²) in [6.45, 7) is 2.65. The largest absolute Gasteiger partial charge is 0.351 e. The van der Waals surface area contributed by atoms with Crippen LogP contribution in [0.1, 0.15) is 21.8 Å². The fraction of sp³-hybridized carbons (Fsp3) is 0.235. The fourth-order valence-electron chi connectivity index (χ4n) is 2.02. The first-order valence-electron chi connectivity index (χ1n) is 7.45. The van der Waals surface area contributed by atoms with Crippen molar-refractivity contribution in [3.05, 3.63) is 62.7 Å². The number of nitrogens with zero attached hydrogens (tertiary/aromatic N) is 1. The maximum Gasteiger partial charge on any atom is 0.272 e. The molecule has 0 saturated heterocycles. The number of amides is 1. The third kappa shape index (κ3) is 5.13. The third-order valence-corrected chi connectivity index (χ3v) is 4.86. The Kier molecular flexibility index (Phi) is 7.38. The predicted molar refractivity (Wildman–Crippen MR) is 107 cm³/mol. The molecule has 0 aliphatic carbocycles. The van der Waals surface area contributed by atoms with Crippen molar-refractivity contribution in [2.24, 2.45) is 0 Å². The Labute approximate surface area is 157 Å². The Balaban J connectivity index is 0.000000174. The van der Waals surface area contributed by atoms with Crippen LogP contribution < -0.4 is 10.9 Å². The van der Waals surface area contributed by atoms with Gasteiger partial charge in [0.1, 0.15) is 0 Å². The van der Waals surface area contributed by atoms with E-state index in [4.69, 9.17) is 0 Å². The van der Waals surface area contributed by atoms with Crippen molar-refractivity contribution in [1.82, 2.24) is 15.5 Å². The first kappa shape index (κ1) is 18.6. The van der Waals surface area contributed by atoms with E-state index in [9.17, 15) is 9.59 Å². The highest BCUT2D eigenvalue weighted by atomic mass is 127. The Morgan fingerprint density at radius 1 is 1.25 bits per heavy atom. The summed E-state index contributed by atoms with van der Waals surface area (Å²) >= 11 is 3.77. The van der Waals surface area contributed by atoms with Crippen LogP contribution in [-0.4, -0.2) is 27.1 Å². The van der Waals surface area contributed by atoms with Gasteiger partial charge in [0.05, 0.1) is 16.0 Å². The van der Waals surface area contributed by atoms with Crippen molar-refractivity contribution < 1.29 is 4.79 Å². The molecule has 24 heavy (non-hydrogen) atoms. The van der Waals surface area contributed by atoms with Crippen LogP contribution in [0, 0.1) is 6.92 Å². The predicted octanol–water partition coefficient (Wildman–Crippen LogP) is 3.53. The number of alkyl halides is 1. The molecule has 0 atom stereocenters. The van der Waals surface area contributed by atoms with Gasteiger partial charge < -0.3 is 5.32 Å². The van der Waals surface area contributed by atoms with Crippen LogP contribution in [0.5, 0.6) is 0 Å². The summed E-state index contributed by atoms with van der Waals surface area (Å²) in [7, 11) is 0. The average Bonchev–Trinajstić information content (AvgIpc) is 3.14. The van der Waals surface area contributed by atoms with Gasteiger partial charge in [-0.3, -0.25) is 9.59 Å². The summed E-state index contributed by atoms with van der Waals surface area (Å²) < 4.78 is 1.09. The second-order valence-corrected chi connectivity index (χ2v) is 6.99. The van der Waals surface area contributed by atoms with Gasteiger partial charge >= 0.3 is 0 Å². The number of H-pyrrole nitrogens is 1. The number of aromatic nitrogens is 2. The number of hydrogen-bond donors (Lipinski definition) is 2. The summed E-state index contributed by atoms with van der Waals surface area (Å²) in [4.78, 5) is 23.3. The summed E-state index contributed by atoms with van der Waals surface area (Å²) in [5.41, 5.74) is 0.724. The molecular weight excluding hydrogens is 437 g/mol. The number of thiophene rings is 1. The molecular formula is C17H18IN3O2S. The number of aromatic amines is 1. The van der Waals surface area contributed by atoms with Crippen molar-refractivity contribution in [2.45, 2.75) is 13.3 Å². The molecule has 5 nitrogen and oxygen atoms in total. The molecule has 3 rings (SSSR count). The summed E-state index contributed by atoms with van der Waals surface area (Å²) in [6, 6.07) is 11.2. The minimum atomic E-state index is -0.129. The van der Waals surface area contributed by atoms with Gasteiger partial charge in [-0.2, -0.15) is 5.10 Å². The second-order valence-electron chi connectivity index (χ2n) is 4.96. The number of hydrogen-bond acceptors (Lipinski definition) is 4. The van der Waals surface area contributed by atoms with Gasteiger partial charge in [0.2, 0.25) is 0 Å². The van der Waals surface area contributed by atoms with Crippen molar-refractivity contribution in [3.63, 3.8) is 0 Å². The van der Waals surface area contributed by atoms with E-state index in [-0.39, 0.29) is 11.5 Å². The second kappa shape index (κ2) is 9.53. The molecule has 0 aliphatic heterocycles. The lowest BCUT2D eigenvalue weighted by Crippen LogP contribution is -2.23. The number of nitrogens with one attached hydrogen (secondary N) is 2. The van der Waals surface area contributed by atoms with Crippen LogP contribution in [0.25, 0.3) is 10.8 Å². The maximum atomic E-state index is 11.3. The number of carbonyl (C=O) groups is 1. The molecule has 1 aromatic carbocycles. The monoisotopic (exact) mass is 455 g/mol. The first-order valence-corrected chi connectivity index (χ1v) is 9.85. The number of fused-ring (bicyclic) bond motifs is 1. The molecule has 2 N–H and O–H groups in total. The van der Waals surface area contributed by atoms with E-state index < -0.39 is 0 Å². The van der Waals surface area contributed by atoms with E-state index in [2.05, 4.69) is 38.1 Å². The van der Waals surface area contributed by atoms with Gasteiger partial charge in [-0.1, -0.05) is 46.9 Å². The molecule has 7 heteroatoms. The summed E-state index contributed by atoms with van der Waals surface area (Å²) in [5.74, 6) is 0.0508. The quantitative estimate of drug-likeness (QED) is 0.359. The van der Waals surface area contributed by atoms with Gasteiger partial charge in [0.15, 0.2) is 0 Å². The maximum absolute atomic E-state index is 11.3. The molecule has 0 saturated carbocycles. The number of benzene rings is 1. The van der Waals surface area contributed by atoms with Crippen molar-refractivity contribution in [2.75, 3.05) is 11.0 Å². The zero-order chi connectivity index (χ0) is 17.4. The Bertz CT molecular complexity index is 846. The minimum Gasteiger partial charge on any atom is -0.351 e. The van der Waals surface area contributed by atoms with Crippen molar-refractivity contribution in [1.29, 1.82) is 0 Å². The standard InChI is InChI=1S/C9H8N2O.C8H10INOS/c1-6-7-4-2-3-5-8(7)9(12)11-10-6;9-4-2-5-10-8(11)7-3-1-6-12-7/h2-5H,1H3,(H,11,12);1,3,6H,2,4-5H2,(H,10,11). The zero-order valence-electron chi connectivity index (χ0n) is 13.2. The van der Waals surface area contributed by atoms with E-state index >= 15 is 0 Å². The molecule has 0 unspecified atom stereocenters. The van der Waals surface area contributed by atoms with E-state index in [1.165, 1.54) is 11.3 Å². The zero-order valence-corrected chi connectivity index (χ0v) is 16.2. The molecule has 1 amide bonds. The van der Waals surface area contributed by atoms with Gasteiger partial charge in [0.25, 0.3) is 11.5 Å². The molecule has 126 valence electrons. The Morgan fingerprint density at radius 2 is 2.00 bits per heavy atom. The highest BCUT2D eigenvalue weighted by Crippen LogP contribution is 2.10. The average molecular weight is 455 g/mol. The van der Waals surface area contributed by atoms with Crippen LogP contribution in [0.3, 0.4) is 0 Å². The molecule has 0 spiro atoms. The lowest BCUT2D eigenvalue weighted by atomic mass is 10.1. The molecule has 3 aromatic rings. The van der Waals surface area contributed by atoms with Crippen LogP contribution in [0.2, 0.25) is 0 Å². The van der Waals surface area contributed by atoms with E-state index in [1.54, 1.807) is 6.07 Å². The van der Waals surface area contributed by atoms with Crippen LogP contribution in [0.4, 0.5) is 0 Å². The number of halogens is 1. The molecule has 2 heterocycles. The van der Waals surface area contributed by atoms with Gasteiger partial charge in [-0.05, 0) is 30.9 Å². The Hall–Kier alpha value is -1.74. The SMILES string of the molecule is Cc1n[nH]c(=O)c2ccccc12.O=C(NCCCI)c1cccs1. The smallest absolute Gasteiger partial charge is 0.272 e. The van der Waals surface area contributed by atoms with Crippen LogP contribution in [0.15, 0.2) is 46.6 Å². The van der Waals surface area contributed by atoms with Crippen LogP contribution >= 0.6 is 33.9 Å². The highest BCUT2D eigenvalue weighted by Gasteiger charge is 2.03. The molecule has 0 aliphatic rings. The van der Waals surface area contributed by atoms with Crippen molar-refractivity contribution in [3.8, 4) is 0 Å². The molecule has 0 bridgehead atoms. The minimum absolute atomic E-state index is 0.0508. The fourth-order valence-corrected chi connectivity index (χ4v) is 3.04. The number of aryl methyl sites for hydroxylation is 1. The molecule has 2 aromatic heterocycles. The third-order valence-electron chi connectivity index (χ3n) is 3.23. The van der Waals surface area contributed by atoms with Crippen LogP contribution in [-0.2, 0) is 0 Å². The number of carbonyl (C=O) groups excluding carboxylic acids is 1. The topological polar surface area (TPSA) is 74.8 Å². The normalized spacial score (nSPS) is 10.1. The lowest BCUT2D eigenvalue weighted by Gasteiger charge is -2.00. The lowest BCUT2D eigenvalue weighted by molar-refractivity contribution is 0.0958. The molecule has 0 radical (unpaired) electrons. The van der Waals surface area contributed by atoms with Crippen molar-refractivity contribution >= 4 is 50.6 Å². The molecule has 0 fully saturated rings. The first-order chi connectivity index (χ1) is 11.6. The Morgan fingerprint density at radius 3 is 2.62 bits per heavy atom. The summed E-state index contributed by atoms with van der Waals surface area (Å²) in [6.07, 6.45) is 1.04. The van der Waals surface area contributed by atoms with E-state index in [0.29, 0.717) is 5.39 Å². The summed E-state index contributed by atoms with van der Waals surface area (Å²) in [5, 5.41) is 12.7. The van der Waals surface area contributed by atoms with E-state index in [0.717, 1.165) is 33.4 Å².